The third kappa shape index (κ3) is 5.84. The standard InChI is InChI=1S/C15H20F3NO5S/c16-15(17,18)24-12-3-5-13(6-4-12)25(21,22)19-11-14(23-10-9-20)7-1-2-8-14/h3-6,19-20H,1-2,7-11H2. The molecule has 0 radical (unpaired) electrons. The van der Waals surface area contributed by atoms with E-state index in [4.69, 9.17) is 9.84 Å². The lowest BCUT2D eigenvalue weighted by atomic mass is 10.0. The molecule has 0 bridgehead atoms. The molecule has 142 valence electrons. The number of sulfonamides is 1. The number of nitrogens with one attached hydrogen (secondary N) is 1. The maximum Gasteiger partial charge on any atom is 0.573 e. The largest absolute Gasteiger partial charge is 0.573 e. The summed E-state index contributed by atoms with van der Waals surface area (Å²) < 4.78 is 72.8. The first-order chi connectivity index (χ1) is 11.7. The number of alkyl halides is 3. The second kappa shape index (κ2) is 7.90. The highest BCUT2D eigenvalue weighted by atomic mass is 32.2. The van der Waals surface area contributed by atoms with Gasteiger partial charge >= 0.3 is 6.36 Å². The number of aliphatic hydroxyl groups is 1. The van der Waals surface area contributed by atoms with Crippen molar-refractivity contribution in [2.45, 2.75) is 42.5 Å². The second-order valence-corrected chi connectivity index (χ2v) is 7.57. The van der Waals surface area contributed by atoms with Crippen molar-refractivity contribution >= 4 is 10.0 Å². The van der Waals surface area contributed by atoms with Gasteiger partial charge in [0.1, 0.15) is 5.75 Å². The number of ether oxygens (including phenoxy) is 2. The van der Waals surface area contributed by atoms with Crippen LogP contribution in [0.4, 0.5) is 13.2 Å². The number of hydrogen-bond acceptors (Lipinski definition) is 5. The van der Waals surface area contributed by atoms with Crippen molar-refractivity contribution in [1.82, 2.24) is 4.72 Å². The molecule has 25 heavy (non-hydrogen) atoms. The van der Waals surface area contributed by atoms with Crippen LogP contribution in [-0.4, -0.2) is 45.2 Å². The van der Waals surface area contributed by atoms with E-state index in [-0.39, 0.29) is 24.7 Å². The summed E-state index contributed by atoms with van der Waals surface area (Å²) in [6, 6.07) is 3.96. The fourth-order valence-electron chi connectivity index (χ4n) is 2.78. The second-order valence-electron chi connectivity index (χ2n) is 5.81. The lowest BCUT2D eigenvalue weighted by Crippen LogP contribution is -2.43. The molecule has 1 aliphatic rings. The number of rotatable bonds is 8. The topological polar surface area (TPSA) is 84.9 Å². The fourth-order valence-corrected chi connectivity index (χ4v) is 3.90. The van der Waals surface area contributed by atoms with E-state index in [0.29, 0.717) is 12.8 Å². The molecule has 2 N–H and O–H groups in total. The Hall–Kier alpha value is -1.36. The summed E-state index contributed by atoms with van der Waals surface area (Å²) in [5.74, 6) is -0.495. The molecule has 1 saturated carbocycles. The van der Waals surface area contributed by atoms with Crippen LogP contribution in [0.2, 0.25) is 0 Å². The van der Waals surface area contributed by atoms with Gasteiger partial charge < -0.3 is 14.6 Å². The van der Waals surface area contributed by atoms with Gasteiger partial charge in [0.05, 0.1) is 23.7 Å². The maximum atomic E-state index is 12.3. The van der Waals surface area contributed by atoms with Crippen LogP contribution in [0.3, 0.4) is 0 Å². The minimum Gasteiger partial charge on any atom is -0.406 e. The average Bonchev–Trinajstić information content (AvgIpc) is 3.00. The zero-order valence-corrected chi connectivity index (χ0v) is 14.2. The van der Waals surface area contributed by atoms with Crippen LogP contribution < -0.4 is 9.46 Å². The van der Waals surface area contributed by atoms with Gasteiger partial charge in [-0.2, -0.15) is 0 Å². The van der Waals surface area contributed by atoms with Gasteiger partial charge in [-0.1, -0.05) is 12.8 Å². The fraction of sp³-hybridized carbons (Fsp3) is 0.600. The highest BCUT2D eigenvalue weighted by Gasteiger charge is 2.36. The Morgan fingerprint density at radius 2 is 1.76 bits per heavy atom. The SMILES string of the molecule is O=S(=O)(NCC1(OCCO)CCCC1)c1ccc(OC(F)(F)F)cc1. The Morgan fingerprint density at radius 3 is 2.28 bits per heavy atom. The Bertz CT molecular complexity index is 655. The molecule has 1 aliphatic carbocycles. The molecule has 0 saturated heterocycles. The molecule has 2 rings (SSSR count). The van der Waals surface area contributed by atoms with Crippen LogP contribution in [0, 0.1) is 0 Å². The van der Waals surface area contributed by atoms with E-state index < -0.39 is 27.7 Å². The predicted octanol–water partition coefficient (Wildman–Crippen LogP) is 2.19. The first-order valence-electron chi connectivity index (χ1n) is 7.76. The van der Waals surface area contributed by atoms with Crippen molar-refractivity contribution in [2.24, 2.45) is 0 Å². The highest BCUT2D eigenvalue weighted by molar-refractivity contribution is 7.89. The Kier molecular flexibility index (Phi) is 6.30. The first kappa shape index (κ1) is 20.0. The van der Waals surface area contributed by atoms with Crippen molar-refractivity contribution < 1.29 is 36.2 Å². The Balaban J connectivity index is 2.03. The van der Waals surface area contributed by atoms with Crippen molar-refractivity contribution in [3.05, 3.63) is 24.3 Å². The lowest BCUT2D eigenvalue weighted by molar-refractivity contribution is -0.274. The van der Waals surface area contributed by atoms with Crippen LogP contribution in [-0.2, 0) is 14.8 Å². The molecule has 0 heterocycles. The summed E-state index contributed by atoms with van der Waals surface area (Å²) >= 11 is 0. The summed E-state index contributed by atoms with van der Waals surface area (Å²) in [6.45, 7) is -0.00346. The molecule has 0 aromatic heterocycles. The van der Waals surface area contributed by atoms with E-state index in [1.807, 2.05) is 0 Å². The van der Waals surface area contributed by atoms with Crippen LogP contribution >= 0.6 is 0 Å². The summed E-state index contributed by atoms with van der Waals surface area (Å²) in [4.78, 5) is -0.169. The predicted molar refractivity (Wildman–Crippen MR) is 82.6 cm³/mol. The molecule has 1 aromatic carbocycles. The normalized spacial score (nSPS) is 17.6. The molecular weight excluding hydrogens is 363 g/mol. The molecule has 0 aliphatic heterocycles. The van der Waals surface area contributed by atoms with Gasteiger partial charge in [0.15, 0.2) is 0 Å². The van der Waals surface area contributed by atoms with Crippen molar-refractivity contribution in [3.8, 4) is 5.75 Å². The Morgan fingerprint density at radius 1 is 1.16 bits per heavy atom. The van der Waals surface area contributed by atoms with E-state index in [2.05, 4.69) is 9.46 Å². The molecule has 1 fully saturated rings. The number of benzene rings is 1. The molecule has 0 atom stereocenters. The summed E-state index contributed by atoms with van der Waals surface area (Å²) in [5, 5.41) is 8.90. The summed E-state index contributed by atoms with van der Waals surface area (Å²) in [6.07, 6.45) is -1.69. The number of hydrogen-bond donors (Lipinski definition) is 2. The van der Waals surface area contributed by atoms with E-state index in [1.165, 1.54) is 0 Å². The molecule has 6 nitrogen and oxygen atoms in total. The molecular formula is C15H20F3NO5S. The minimum absolute atomic E-state index is 0.0378. The smallest absolute Gasteiger partial charge is 0.406 e. The van der Waals surface area contributed by atoms with Crippen LogP contribution in [0.1, 0.15) is 25.7 Å². The van der Waals surface area contributed by atoms with E-state index >= 15 is 0 Å². The molecule has 0 amide bonds. The maximum absolute atomic E-state index is 12.3. The molecule has 1 aromatic rings. The highest BCUT2D eigenvalue weighted by Crippen LogP contribution is 2.33. The van der Waals surface area contributed by atoms with Crippen LogP contribution in [0.5, 0.6) is 5.75 Å². The molecule has 0 spiro atoms. The van der Waals surface area contributed by atoms with Crippen LogP contribution in [0.15, 0.2) is 29.2 Å². The van der Waals surface area contributed by atoms with Gasteiger partial charge in [0.25, 0.3) is 0 Å². The van der Waals surface area contributed by atoms with Gasteiger partial charge in [-0.15, -0.1) is 13.2 Å². The zero-order chi connectivity index (χ0) is 18.6. The van der Waals surface area contributed by atoms with Gasteiger partial charge in [-0.3, -0.25) is 0 Å². The van der Waals surface area contributed by atoms with Gasteiger partial charge in [0, 0.05) is 6.54 Å². The molecule has 10 heteroatoms. The first-order valence-corrected chi connectivity index (χ1v) is 9.24. The van der Waals surface area contributed by atoms with Gasteiger partial charge in [-0.25, -0.2) is 13.1 Å². The third-order valence-electron chi connectivity index (χ3n) is 3.97. The zero-order valence-electron chi connectivity index (χ0n) is 13.4. The lowest BCUT2D eigenvalue weighted by Gasteiger charge is -2.29. The number of halogens is 3. The van der Waals surface area contributed by atoms with Gasteiger partial charge in [0.2, 0.25) is 10.0 Å². The third-order valence-corrected chi connectivity index (χ3v) is 5.38. The van der Waals surface area contributed by atoms with E-state index in [9.17, 15) is 21.6 Å². The average molecular weight is 383 g/mol. The van der Waals surface area contributed by atoms with Crippen molar-refractivity contribution in [1.29, 1.82) is 0 Å². The van der Waals surface area contributed by atoms with Crippen LogP contribution in [0.25, 0.3) is 0 Å². The monoisotopic (exact) mass is 383 g/mol. The van der Waals surface area contributed by atoms with Crippen molar-refractivity contribution in [2.75, 3.05) is 19.8 Å². The van der Waals surface area contributed by atoms with E-state index in [1.54, 1.807) is 0 Å². The quantitative estimate of drug-likeness (QED) is 0.719. The van der Waals surface area contributed by atoms with Crippen molar-refractivity contribution in [3.63, 3.8) is 0 Å². The Labute approximate surface area is 144 Å². The minimum atomic E-state index is -4.84. The molecule has 0 unspecified atom stereocenters. The number of aliphatic hydroxyl groups excluding tert-OH is 1. The summed E-state index contributed by atoms with van der Waals surface area (Å²) in [5.41, 5.74) is -0.658. The van der Waals surface area contributed by atoms with Gasteiger partial charge in [-0.05, 0) is 37.1 Å². The van der Waals surface area contributed by atoms with E-state index in [0.717, 1.165) is 37.1 Å². The summed E-state index contributed by atoms with van der Waals surface area (Å²) in [7, 11) is -3.90.